The van der Waals surface area contributed by atoms with E-state index in [1.165, 1.54) is 11.1 Å². The second-order valence-electron chi connectivity index (χ2n) is 6.90. The van der Waals surface area contributed by atoms with Crippen molar-refractivity contribution < 1.29 is 4.74 Å². The molecule has 0 aliphatic heterocycles. The molecule has 6 heteroatoms. The summed E-state index contributed by atoms with van der Waals surface area (Å²) in [6, 6.07) is 19.0. The van der Waals surface area contributed by atoms with Crippen molar-refractivity contribution in [2.24, 2.45) is 4.99 Å². The van der Waals surface area contributed by atoms with Crippen LogP contribution >= 0.6 is 24.0 Å². The molecule has 154 valence electrons. The molecular weight excluding hydrogens is 463 g/mol. The molecule has 0 saturated heterocycles. The third-order valence-electron chi connectivity index (χ3n) is 4.75. The van der Waals surface area contributed by atoms with Crippen molar-refractivity contribution in [2.75, 3.05) is 41.3 Å². The summed E-state index contributed by atoms with van der Waals surface area (Å²) in [5.74, 6) is 2.10. The van der Waals surface area contributed by atoms with E-state index in [0.717, 1.165) is 24.8 Å². The summed E-state index contributed by atoms with van der Waals surface area (Å²) in [6.07, 6.45) is 0. The Hall–Kier alpha value is -1.80. The van der Waals surface area contributed by atoms with E-state index in [0.29, 0.717) is 5.92 Å². The van der Waals surface area contributed by atoms with Gasteiger partial charge in [0.25, 0.3) is 0 Å². The van der Waals surface area contributed by atoms with Gasteiger partial charge in [-0.05, 0) is 43.3 Å². The molecule has 0 aromatic heterocycles. The first kappa shape index (κ1) is 24.2. The smallest absolute Gasteiger partial charge is 0.191 e. The van der Waals surface area contributed by atoms with Gasteiger partial charge in [0.15, 0.2) is 5.96 Å². The van der Waals surface area contributed by atoms with E-state index in [9.17, 15) is 0 Å². The average molecular weight is 496 g/mol. The highest BCUT2D eigenvalue weighted by Crippen LogP contribution is 2.20. The first-order valence-electron chi connectivity index (χ1n) is 9.35. The zero-order chi connectivity index (χ0) is 19.6. The molecule has 2 unspecified atom stereocenters. The predicted octanol–water partition coefficient (Wildman–Crippen LogP) is 3.88. The summed E-state index contributed by atoms with van der Waals surface area (Å²) >= 11 is 0. The minimum Gasteiger partial charge on any atom is -0.497 e. The van der Waals surface area contributed by atoms with E-state index in [4.69, 9.17) is 4.74 Å². The number of aliphatic imine (C=N–C) groups is 1. The Kier molecular flexibility index (Phi) is 10.9. The molecule has 0 aliphatic carbocycles. The normalized spacial score (nSPS) is 13.4. The zero-order valence-corrected chi connectivity index (χ0v) is 19.8. The number of nitrogens with zero attached hydrogens (tertiary/aromatic N) is 2. The summed E-state index contributed by atoms with van der Waals surface area (Å²) in [6.45, 7) is 3.81. The molecule has 2 aromatic rings. The molecule has 5 nitrogen and oxygen atoms in total. The van der Waals surface area contributed by atoms with E-state index in [2.05, 4.69) is 77.9 Å². The fourth-order valence-electron chi connectivity index (χ4n) is 2.99. The van der Waals surface area contributed by atoms with Crippen molar-refractivity contribution in [1.82, 2.24) is 15.5 Å². The van der Waals surface area contributed by atoms with Gasteiger partial charge in [-0.1, -0.05) is 49.4 Å². The van der Waals surface area contributed by atoms with Crippen LogP contribution in [0.3, 0.4) is 0 Å². The molecule has 0 radical (unpaired) electrons. The van der Waals surface area contributed by atoms with Gasteiger partial charge in [-0.2, -0.15) is 0 Å². The Labute approximate surface area is 186 Å². The quantitative estimate of drug-likeness (QED) is 0.331. The maximum Gasteiger partial charge on any atom is 0.191 e. The summed E-state index contributed by atoms with van der Waals surface area (Å²) in [5, 5.41) is 6.88. The lowest BCUT2D eigenvalue weighted by molar-refractivity contribution is 0.298. The van der Waals surface area contributed by atoms with Crippen molar-refractivity contribution in [3.8, 4) is 5.75 Å². The van der Waals surface area contributed by atoms with Crippen LogP contribution in [0.15, 0.2) is 59.6 Å². The van der Waals surface area contributed by atoms with Crippen molar-refractivity contribution in [3.05, 3.63) is 65.7 Å². The van der Waals surface area contributed by atoms with E-state index >= 15 is 0 Å². The largest absolute Gasteiger partial charge is 0.497 e. The monoisotopic (exact) mass is 496 g/mol. The average Bonchev–Trinajstić information content (AvgIpc) is 2.71. The van der Waals surface area contributed by atoms with Crippen LogP contribution in [0.4, 0.5) is 0 Å². The first-order valence-corrected chi connectivity index (χ1v) is 9.35. The third-order valence-corrected chi connectivity index (χ3v) is 4.75. The Morgan fingerprint density at radius 2 is 1.57 bits per heavy atom. The number of methoxy groups -OCH3 is 1. The summed E-state index contributed by atoms with van der Waals surface area (Å²) < 4.78 is 5.26. The summed E-state index contributed by atoms with van der Waals surface area (Å²) in [4.78, 5) is 6.56. The number of rotatable bonds is 8. The van der Waals surface area contributed by atoms with Crippen molar-refractivity contribution in [1.29, 1.82) is 0 Å². The lowest BCUT2D eigenvalue weighted by atomic mass is 10.0. The van der Waals surface area contributed by atoms with Crippen LogP contribution in [0.1, 0.15) is 30.0 Å². The van der Waals surface area contributed by atoms with Gasteiger partial charge < -0.3 is 20.3 Å². The Balaban J connectivity index is 0.00000392. The van der Waals surface area contributed by atoms with Crippen molar-refractivity contribution >= 4 is 29.9 Å². The third kappa shape index (κ3) is 7.31. The molecular formula is C22H33IN4O. The topological polar surface area (TPSA) is 48.9 Å². The van der Waals surface area contributed by atoms with E-state index in [-0.39, 0.29) is 30.0 Å². The number of halogens is 1. The van der Waals surface area contributed by atoms with Gasteiger partial charge in [0.2, 0.25) is 0 Å². The van der Waals surface area contributed by atoms with Gasteiger partial charge >= 0.3 is 0 Å². The number of benzene rings is 2. The molecule has 2 atom stereocenters. The maximum absolute atomic E-state index is 5.26. The predicted molar refractivity (Wildman–Crippen MR) is 129 cm³/mol. The zero-order valence-electron chi connectivity index (χ0n) is 17.5. The highest BCUT2D eigenvalue weighted by atomic mass is 127. The van der Waals surface area contributed by atoms with Gasteiger partial charge in [-0.15, -0.1) is 24.0 Å². The van der Waals surface area contributed by atoms with Crippen LogP contribution in [0.5, 0.6) is 5.75 Å². The van der Waals surface area contributed by atoms with Crippen LogP contribution < -0.4 is 15.4 Å². The highest BCUT2D eigenvalue weighted by Gasteiger charge is 2.15. The van der Waals surface area contributed by atoms with Crippen LogP contribution in [-0.4, -0.2) is 52.2 Å². The van der Waals surface area contributed by atoms with Gasteiger partial charge in [-0.25, -0.2) is 0 Å². The molecule has 0 saturated carbocycles. The molecule has 0 aliphatic rings. The van der Waals surface area contributed by atoms with Gasteiger partial charge in [0.05, 0.1) is 13.2 Å². The second kappa shape index (κ2) is 12.6. The molecule has 2 rings (SSSR count). The van der Waals surface area contributed by atoms with Crippen LogP contribution in [0, 0.1) is 0 Å². The molecule has 0 fully saturated rings. The van der Waals surface area contributed by atoms with Gasteiger partial charge in [-0.3, -0.25) is 4.99 Å². The van der Waals surface area contributed by atoms with E-state index in [1.807, 2.05) is 18.2 Å². The number of hydrogen-bond donors (Lipinski definition) is 2. The van der Waals surface area contributed by atoms with Gasteiger partial charge in [0.1, 0.15) is 5.75 Å². The molecule has 2 N–H and O–H groups in total. The standard InChI is InChI=1S/C22H32N4O.HI/c1-17(18-9-7-6-8-10-18)15-24-22(23-2)25-16-21(26(3)4)19-11-13-20(27-5)14-12-19;/h6-14,17,21H,15-16H2,1-5H3,(H2,23,24,25);1H. The lowest BCUT2D eigenvalue weighted by Crippen LogP contribution is -2.42. The Bertz CT molecular complexity index is 704. The lowest BCUT2D eigenvalue weighted by Gasteiger charge is -2.26. The fraction of sp³-hybridized carbons (Fsp3) is 0.409. The summed E-state index contributed by atoms with van der Waals surface area (Å²) in [7, 11) is 7.67. The number of hydrogen-bond acceptors (Lipinski definition) is 3. The number of likely N-dealkylation sites (N-methyl/N-ethyl adjacent to an activating group) is 1. The summed E-state index contributed by atoms with van der Waals surface area (Å²) in [5.41, 5.74) is 2.56. The van der Waals surface area contributed by atoms with Gasteiger partial charge in [0, 0.05) is 20.1 Å². The molecule has 0 spiro atoms. The SMILES string of the molecule is CN=C(NCC(C)c1ccccc1)NCC(c1ccc(OC)cc1)N(C)C.I. The Morgan fingerprint density at radius 1 is 0.964 bits per heavy atom. The van der Waals surface area contributed by atoms with Crippen LogP contribution in [0.2, 0.25) is 0 Å². The molecule has 0 bridgehead atoms. The number of nitrogens with one attached hydrogen (secondary N) is 2. The van der Waals surface area contributed by atoms with Crippen molar-refractivity contribution in [3.63, 3.8) is 0 Å². The van der Waals surface area contributed by atoms with Crippen LogP contribution in [-0.2, 0) is 0 Å². The fourth-order valence-corrected chi connectivity index (χ4v) is 2.99. The minimum absolute atomic E-state index is 0. The number of guanidine groups is 1. The minimum atomic E-state index is 0. The molecule has 28 heavy (non-hydrogen) atoms. The van der Waals surface area contributed by atoms with Crippen molar-refractivity contribution in [2.45, 2.75) is 18.9 Å². The Morgan fingerprint density at radius 3 is 2.11 bits per heavy atom. The second-order valence-corrected chi connectivity index (χ2v) is 6.90. The number of ether oxygens (including phenoxy) is 1. The molecule has 0 amide bonds. The maximum atomic E-state index is 5.26. The highest BCUT2D eigenvalue weighted by molar-refractivity contribution is 14.0. The molecule has 0 heterocycles. The van der Waals surface area contributed by atoms with Crippen LogP contribution in [0.25, 0.3) is 0 Å². The van der Waals surface area contributed by atoms with E-state index in [1.54, 1.807) is 14.2 Å². The molecule has 2 aromatic carbocycles. The van der Waals surface area contributed by atoms with E-state index < -0.39 is 0 Å². The first-order chi connectivity index (χ1) is 13.0.